The fourth-order valence-electron chi connectivity index (χ4n) is 3.48. The summed E-state index contributed by atoms with van der Waals surface area (Å²) in [6, 6.07) is 4.59. The van der Waals surface area contributed by atoms with Crippen LogP contribution in [0.1, 0.15) is 54.7 Å². The van der Waals surface area contributed by atoms with Crippen LogP contribution >= 0.6 is 0 Å². The van der Waals surface area contributed by atoms with E-state index in [4.69, 9.17) is 18.9 Å². The Morgan fingerprint density at radius 3 is 2.07 bits per heavy atom. The van der Waals surface area contributed by atoms with Crippen LogP contribution in [0.25, 0.3) is 0 Å². The summed E-state index contributed by atoms with van der Waals surface area (Å²) in [6.45, 7) is 1.84. The molecule has 0 heterocycles. The van der Waals surface area contributed by atoms with E-state index < -0.39 is 11.8 Å². The number of ketones is 2. The molecule has 0 spiro atoms. The van der Waals surface area contributed by atoms with Gasteiger partial charge in [-0.15, -0.1) is 0 Å². The molecule has 1 aliphatic carbocycles. The van der Waals surface area contributed by atoms with Crippen molar-refractivity contribution < 1.29 is 33.3 Å². The quantitative estimate of drug-likeness (QED) is 0.625. The molecule has 0 N–H and O–H groups in total. The molecule has 0 aromatic heterocycles. The Bertz CT molecular complexity index is 1000. The number of fused-ring (bicyclic) bond motifs is 2. The molecule has 2 aromatic carbocycles. The van der Waals surface area contributed by atoms with Gasteiger partial charge in [-0.2, -0.15) is 0 Å². The van der Waals surface area contributed by atoms with Gasteiger partial charge in [-0.3, -0.25) is 9.59 Å². The van der Waals surface area contributed by atoms with Gasteiger partial charge in [0.05, 0.1) is 39.6 Å². The lowest BCUT2D eigenvalue weighted by Crippen LogP contribution is -2.25. The van der Waals surface area contributed by atoms with Gasteiger partial charge in [0.25, 0.3) is 0 Å². The molecule has 0 fully saturated rings. The van der Waals surface area contributed by atoms with Gasteiger partial charge in [0.2, 0.25) is 5.78 Å². The second-order valence-corrected chi connectivity index (χ2v) is 6.12. The zero-order valence-electron chi connectivity index (χ0n) is 16.3. The predicted molar refractivity (Wildman–Crippen MR) is 100 cm³/mol. The lowest BCUT2D eigenvalue weighted by atomic mass is 9.80. The summed E-state index contributed by atoms with van der Waals surface area (Å²) >= 11 is 0. The Balaban J connectivity index is 2.40. The minimum atomic E-state index is -0.635. The van der Waals surface area contributed by atoms with Crippen LogP contribution in [0.4, 0.5) is 0 Å². The first-order valence-electron chi connectivity index (χ1n) is 8.60. The summed E-state index contributed by atoms with van der Waals surface area (Å²) < 4.78 is 20.8. The summed E-state index contributed by atoms with van der Waals surface area (Å²) in [7, 11) is 5.46. The highest BCUT2D eigenvalue weighted by molar-refractivity contribution is 6.31. The molecule has 7 nitrogen and oxygen atoms in total. The summed E-state index contributed by atoms with van der Waals surface area (Å²) in [6.07, 6.45) is 0.448. The molecule has 0 bridgehead atoms. The second kappa shape index (κ2) is 7.34. The molecule has 0 radical (unpaired) electrons. The average molecular weight is 384 g/mol. The van der Waals surface area contributed by atoms with Gasteiger partial charge < -0.3 is 18.9 Å². The maximum absolute atomic E-state index is 13.4. The Labute approximate surface area is 162 Å². The number of methoxy groups -OCH3 is 4. The van der Waals surface area contributed by atoms with E-state index in [1.54, 1.807) is 6.07 Å². The van der Waals surface area contributed by atoms with Gasteiger partial charge in [-0.25, -0.2) is 4.79 Å². The Kier molecular flexibility index (Phi) is 5.09. The number of ether oxygens (including phenoxy) is 4. The van der Waals surface area contributed by atoms with Crippen molar-refractivity contribution in [3.8, 4) is 17.2 Å². The molecule has 0 saturated heterocycles. The Morgan fingerprint density at radius 2 is 1.54 bits per heavy atom. The largest absolute Gasteiger partial charge is 0.497 e. The van der Waals surface area contributed by atoms with Crippen molar-refractivity contribution >= 4 is 17.5 Å². The zero-order valence-corrected chi connectivity index (χ0v) is 16.3. The molecule has 0 aliphatic heterocycles. The number of rotatable bonds is 5. The highest BCUT2D eigenvalue weighted by Crippen LogP contribution is 2.42. The molecule has 7 heteroatoms. The Hall–Kier alpha value is -3.35. The van der Waals surface area contributed by atoms with Gasteiger partial charge in [0, 0.05) is 17.2 Å². The molecule has 0 atom stereocenters. The first-order valence-corrected chi connectivity index (χ1v) is 8.60. The zero-order chi connectivity index (χ0) is 20.6. The summed E-state index contributed by atoms with van der Waals surface area (Å²) in [5, 5.41) is 0. The molecule has 1 aliphatic rings. The number of hydrogen-bond donors (Lipinski definition) is 0. The van der Waals surface area contributed by atoms with Crippen molar-refractivity contribution in [3.05, 3.63) is 51.6 Å². The third-order valence-electron chi connectivity index (χ3n) is 4.81. The Morgan fingerprint density at radius 1 is 0.857 bits per heavy atom. The fraction of sp³-hybridized carbons (Fsp3) is 0.286. The third-order valence-corrected chi connectivity index (χ3v) is 4.81. The van der Waals surface area contributed by atoms with Crippen molar-refractivity contribution in [1.82, 2.24) is 0 Å². The van der Waals surface area contributed by atoms with E-state index in [9.17, 15) is 14.4 Å². The monoisotopic (exact) mass is 384 g/mol. The van der Waals surface area contributed by atoms with E-state index in [1.807, 2.05) is 6.92 Å². The molecule has 0 saturated carbocycles. The van der Waals surface area contributed by atoms with E-state index in [1.165, 1.54) is 40.6 Å². The smallest absolute Gasteiger partial charge is 0.341 e. The summed E-state index contributed by atoms with van der Waals surface area (Å²) in [5.41, 5.74) is 1.20. The van der Waals surface area contributed by atoms with Gasteiger partial charge in [-0.05, 0) is 24.1 Å². The number of carbonyl (C=O) groups excluding carboxylic acids is 3. The summed E-state index contributed by atoms with van der Waals surface area (Å²) in [5.74, 6) is -0.832. The molecule has 0 unspecified atom stereocenters. The number of aryl methyl sites for hydroxylation is 1. The van der Waals surface area contributed by atoms with Crippen LogP contribution in [0, 0.1) is 0 Å². The van der Waals surface area contributed by atoms with E-state index >= 15 is 0 Å². The van der Waals surface area contributed by atoms with Crippen molar-refractivity contribution in [3.63, 3.8) is 0 Å². The summed E-state index contributed by atoms with van der Waals surface area (Å²) in [4.78, 5) is 39.0. The highest BCUT2D eigenvalue weighted by Gasteiger charge is 2.38. The van der Waals surface area contributed by atoms with Crippen LogP contribution < -0.4 is 14.2 Å². The number of carbonyl (C=O) groups is 3. The number of hydrogen-bond acceptors (Lipinski definition) is 7. The van der Waals surface area contributed by atoms with E-state index in [-0.39, 0.29) is 45.1 Å². The third kappa shape index (κ3) is 2.70. The van der Waals surface area contributed by atoms with Gasteiger partial charge in [0.1, 0.15) is 22.8 Å². The molecule has 0 amide bonds. The first kappa shape index (κ1) is 19.4. The highest BCUT2D eigenvalue weighted by atomic mass is 16.5. The minimum absolute atomic E-state index is 0.0288. The van der Waals surface area contributed by atoms with Crippen molar-refractivity contribution in [2.45, 2.75) is 13.3 Å². The van der Waals surface area contributed by atoms with E-state index in [0.29, 0.717) is 17.7 Å². The van der Waals surface area contributed by atoms with Crippen LogP contribution in [0.3, 0.4) is 0 Å². The number of esters is 1. The molecular weight excluding hydrogens is 364 g/mol. The van der Waals surface area contributed by atoms with Crippen molar-refractivity contribution in [2.75, 3.05) is 28.4 Å². The topological polar surface area (TPSA) is 88.1 Å². The second-order valence-electron chi connectivity index (χ2n) is 6.12. The molecule has 28 heavy (non-hydrogen) atoms. The van der Waals surface area contributed by atoms with Crippen LogP contribution in [0.15, 0.2) is 18.2 Å². The van der Waals surface area contributed by atoms with Gasteiger partial charge in [0.15, 0.2) is 5.78 Å². The fourth-order valence-corrected chi connectivity index (χ4v) is 3.48. The van der Waals surface area contributed by atoms with Crippen LogP contribution in [-0.2, 0) is 11.2 Å². The number of benzene rings is 2. The maximum atomic E-state index is 13.4. The van der Waals surface area contributed by atoms with Crippen molar-refractivity contribution in [1.29, 1.82) is 0 Å². The predicted octanol–water partition coefficient (Wildman–Crippen LogP) is 2.84. The van der Waals surface area contributed by atoms with Crippen LogP contribution in [0.2, 0.25) is 0 Å². The van der Waals surface area contributed by atoms with Crippen LogP contribution in [-0.4, -0.2) is 46.0 Å². The first-order chi connectivity index (χ1) is 13.4. The van der Waals surface area contributed by atoms with Crippen molar-refractivity contribution in [2.24, 2.45) is 0 Å². The van der Waals surface area contributed by atoms with Gasteiger partial charge >= 0.3 is 5.97 Å². The average Bonchev–Trinajstić information content (AvgIpc) is 2.74. The van der Waals surface area contributed by atoms with Crippen LogP contribution in [0.5, 0.6) is 17.2 Å². The standard InChI is InChI=1S/C21H20O7/c1-6-10-7-12-17(20(27-4)15(10)21(24)28-5)19(23)16-13(18(12)22)8-11(25-2)9-14(16)26-3/h7-9H,6H2,1-5H3. The molecule has 146 valence electrons. The SMILES string of the molecule is CCc1cc2c(c(OC)c1C(=O)OC)C(=O)c1c(OC)cc(OC)cc1C2=O. The normalized spacial score (nSPS) is 12.2. The van der Waals surface area contributed by atoms with E-state index in [2.05, 4.69) is 0 Å². The maximum Gasteiger partial charge on any atom is 0.341 e. The molecular formula is C21H20O7. The lowest BCUT2D eigenvalue weighted by molar-refractivity contribution is 0.0595. The molecule has 2 aromatic rings. The van der Waals surface area contributed by atoms with Gasteiger partial charge in [-0.1, -0.05) is 6.92 Å². The molecule has 3 rings (SSSR count). The van der Waals surface area contributed by atoms with E-state index in [0.717, 1.165) is 0 Å². The lowest BCUT2D eigenvalue weighted by Gasteiger charge is -2.24. The minimum Gasteiger partial charge on any atom is -0.497 e.